The lowest BCUT2D eigenvalue weighted by molar-refractivity contribution is 0.0166. The van der Waals surface area contributed by atoms with Crippen LogP contribution in [0.3, 0.4) is 0 Å². The summed E-state index contributed by atoms with van der Waals surface area (Å²) >= 11 is 5.86. The largest absolute Gasteiger partial charge is 0.444 e. The van der Waals surface area contributed by atoms with Crippen molar-refractivity contribution in [3.05, 3.63) is 34.9 Å². The standard InChI is InChI=1S/C21H30ClN3O3/c1-20(2,3)28-19(27)25-10-8-21(9-11-25)12-16(21)14-24-18(26)23-13-15-4-6-17(22)7-5-15/h4-7,16H,8-14H2,1-3H3,(H2,23,24,26). The Kier molecular flexibility index (Phi) is 6.08. The highest BCUT2D eigenvalue weighted by molar-refractivity contribution is 6.30. The summed E-state index contributed by atoms with van der Waals surface area (Å²) in [6, 6.07) is 7.28. The van der Waals surface area contributed by atoms with Gasteiger partial charge in [0.15, 0.2) is 0 Å². The molecule has 1 aliphatic carbocycles. The van der Waals surface area contributed by atoms with Gasteiger partial charge in [0.25, 0.3) is 0 Å². The minimum atomic E-state index is -0.461. The molecule has 1 atom stereocenters. The Hall–Kier alpha value is -1.95. The zero-order chi connectivity index (χ0) is 20.4. The van der Waals surface area contributed by atoms with Gasteiger partial charge in [0, 0.05) is 31.2 Å². The molecule has 1 aromatic carbocycles. The van der Waals surface area contributed by atoms with Crippen molar-refractivity contribution in [1.82, 2.24) is 15.5 Å². The predicted molar refractivity (Wildman–Crippen MR) is 109 cm³/mol. The van der Waals surface area contributed by atoms with E-state index in [1.165, 1.54) is 0 Å². The molecular formula is C21H30ClN3O3. The van der Waals surface area contributed by atoms with Crippen LogP contribution in [0, 0.1) is 11.3 Å². The Balaban J connectivity index is 1.35. The normalized spacial score (nSPS) is 20.6. The molecule has 154 valence electrons. The van der Waals surface area contributed by atoms with Crippen molar-refractivity contribution >= 4 is 23.7 Å². The highest BCUT2D eigenvalue weighted by atomic mass is 35.5. The topological polar surface area (TPSA) is 70.7 Å². The molecule has 28 heavy (non-hydrogen) atoms. The van der Waals surface area contributed by atoms with Gasteiger partial charge in [-0.1, -0.05) is 23.7 Å². The second-order valence-corrected chi connectivity index (χ2v) is 9.36. The summed E-state index contributed by atoms with van der Waals surface area (Å²) in [5.74, 6) is 0.495. The Morgan fingerprint density at radius 2 is 1.82 bits per heavy atom. The van der Waals surface area contributed by atoms with E-state index >= 15 is 0 Å². The van der Waals surface area contributed by atoms with Crippen LogP contribution in [0.5, 0.6) is 0 Å². The SMILES string of the molecule is CC(C)(C)OC(=O)N1CCC2(CC1)CC2CNC(=O)NCc1ccc(Cl)cc1. The number of hydrogen-bond donors (Lipinski definition) is 2. The summed E-state index contributed by atoms with van der Waals surface area (Å²) in [4.78, 5) is 26.0. The van der Waals surface area contributed by atoms with E-state index < -0.39 is 5.60 Å². The molecule has 1 unspecified atom stereocenters. The summed E-state index contributed by atoms with van der Waals surface area (Å²) in [5.41, 5.74) is 0.830. The van der Waals surface area contributed by atoms with Crippen molar-refractivity contribution < 1.29 is 14.3 Å². The summed E-state index contributed by atoms with van der Waals surface area (Å²) < 4.78 is 5.46. The monoisotopic (exact) mass is 407 g/mol. The van der Waals surface area contributed by atoms with Crippen molar-refractivity contribution in [2.45, 2.75) is 52.2 Å². The van der Waals surface area contributed by atoms with Crippen molar-refractivity contribution in [3.63, 3.8) is 0 Å². The van der Waals surface area contributed by atoms with Gasteiger partial charge >= 0.3 is 12.1 Å². The molecule has 1 saturated carbocycles. The van der Waals surface area contributed by atoms with Gasteiger partial charge in [-0.15, -0.1) is 0 Å². The van der Waals surface area contributed by atoms with Crippen LogP contribution in [-0.2, 0) is 11.3 Å². The van der Waals surface area contributed by atoms with Gasteiger partial charge in [0.05, 0.1) is 0 Å². The molecule has 7 heteroatoms. The summed E-state index contributed by atoms with van der Waals surface area (Å²) in [6.45, 7) is 8.27. The molecule has 0 aromatic heterocycles. The maximum absolute atomic E-state index is 12.2. The summed E-state index contributed by atoms with van der Waals surface area (Å²) in [6.07, 6.45) is 2.85. The average molecular weight is 408 g/mol. The Labute approximate surface area is 171 Å². The van der Waals surface area contributed by atoms with E-state index in [1.807, 2.05) is 45.0 Å². The van der Waals surface area contributed by atoms with Gasteiger partial charge < -0.3 is 20.3 Å². The van der Waals surface area contributed by atoms with E-state index in [2.05, 4.69) is 10.6 Å². The van der Waals surface area contributed by atoms with Crippen LogP contribution in [0.15, 0.2) is 24.3 Å². The number of ether oxygens (including phenoxy) is 1. The van der Waals surface area contributed by atoms with Gasteiger partial charge in [0.2, 0.25) is 0 Å². The Morgan fingerprint density at radius 1 is 1.18 bits per heavy atom. The number of rotatable bonds is 4. The smallest absolute Gasteiger partial charge is 0.410 e. The van der Waals surface area contributed by atoms with Gasteiger partial charge in [-0.3, -0.25) is 0 Å². The summed E-state index contributed by atoms with van der Waals surface area (Å²) in [5, 5.41) is 6.54. The number of amides is 3. The maximum atomic E-state index is 12.2. The summed E-state index contributed by atoms with van der Waals surface area (Å²) in [7, 11) is 0. The zero-order valence-corrected chi connectivity index (χ0v) is 17.6. The van der Waals surface area contributed by atoms with Gasteiger partial charge in [-0.05, 0) is 69.1 Å². The average Bonchev–Trinajstić information content (AvgIpc) is 3.30. The third-order valence-corrected chi connectivity index (χ3v) is 5.90. The highest BCUT2D eigenvalue weighted by Gasteiger charge is 2.55. The molecule has 6 nitrogen and oxygen atoms in total. The van der Waals surface area contributed by atoms with Crippen LogP contribution >= 0.6 is 11.6 Å². The van der Waals surface area contributed by atoms with Gasteiger partial charge in [-0.25, -0.2) is 9.59 Å². The number of carbonyl (C=O) groups is 2. The van der Waals surface area contributed by atoms with Crippen LogP contribution in [0.2, 0.25) is 5.02 Å². The van der Waals surface area contributed by atoms with Crippen molar-refractivity contribution in [2.75, 3.05) is 19.6 Å². The number of benzene rings is 1. The molecule has 0 radical (unpaired) electrons. The molecular weight excluding hydrogens is 378 g/mol. The number of urea groups is 1. The van der Waals surface area contributed by atoms with Crippen LogP contribution in [-0.4, -0.2) is 42.3 Å². The molecule has 1 aromatic rings. The fourth-order valence-corrected chi connectivity index (χ4v) is 3.98. The minimum absolute atomic E-state index is 0.150. The molecule has 1 saturated heterocycles. The fraction of sp³-hybridized carbons (Fsp3) is 0.619. The lowest BCUT2D eigenvalue weighted by Gasteiger charge is -2.34. The molecule has 2 N–H and O–H groups in total. The molecule has 3 rings (SSSR count). The molecule has 1 aliphatic heterocycles. The number of likely N-dealkylation sites (tertiary alicyclic amines) is 1. The lowest BCUT2D eigenvalue weighted by Crippen LogP contribution is -2.43. The number of nitrogens with zero attached hydrogens (tertiary/aromatic N) is 1. The van der Waals surface area contributed by atoms with Crippen LogP contribution in [0.25, 0.3) is 0 Å². The van der Waals surface area contributed by atoms with E-state index in [9.17, 15) is 9.59 Å². The van der Waals surface area contributed by atoms with Gasteiger partial charge in [-0.2, -0.15) is 0 Å². The first-order chi connectivity index (χ1) is 13.2. The Bertz CT molecular complexity index is 707. The molecule has 1 spiro atoms. The van der Waals surface area contributed by atoms with Crippen LogP contribution in [0.4, 0.5) is 9.59 Å². The molecule has 3 amide bonds. The number of hydrogen-bond acceptors (Lipinski definition) is 3. The zero-order valence-electron chi connectivity index (χ0n) is 16.9. The molecule has 2 aliphatic rings. The highest BCUT2D eigenvalue weighted by Crippen LogP contribution is 2.59. The van der Waals surface area contributed by atoms with Gasteiger partial charge in [0.1, 0.15) is 5.60 Å². The Morgan fingerprint density at radius 3 is 2.43 bits per heavy atom. The third-order valence-electron chi connectivity index (χ3n) is 5.65. The van der Waals surface area contributed by atoms with E-state index in [1.54, 1.807) is 4.90 Å². The molecule has 0 bridgehead atoms. The number of halogens is 1. The van der Waals surface area contributed by atoms with E-state index in [4.69, 9.17) is 16.3 Å². The van der Waals surface area contributed by atoms with Crippen LogP contribution in [0.1, 0.15) is 45.6 Å². The van der Waals surface area contributed by atoms with E-state index in [-0.39, 0.29) is 17.5 Å². The minimum Gasteiger partial charge on any atom is -0.444 e. The van der Waals surface area contributed by atoms with E-state index in [0.717, 1.165) is 37.9 Å². The number of carbonyl (C=O) groups excluding carboxylic acids is 2. The first-order valence-electron chi connectivity index (χ1n) is 9.91. The number of nitrogens with one attached hydrogen (secondary N) is 2. The second-order valence-electron chi connectivity index (χ2n) is 8.92. The van der Waals surface area contributed by atoms with Crippen LogP contribution < -0.4 is 10.6 Å². The second kappa shape index (κ2) is 8.19. The van der Waals surface area contributed by atoms with Crippen molar-refractivity contribution in [1.29, 1.82) is 0 Å². The lowest BCUT2D eigenvalue weighted by atomic mass is 9.91. The molecule has 2 fully saturated rings. The first kappa shape index (κ1) is 20.8. The number of piperidine rings is 1. The maximum Gasteiger partial charge on any atom is 0.410 e. The van der Waals surface area contributed by atoms with Crippen molar-refractivity contribution in [2.24, 2.45) is 11.3 Å². The van der Waals surface area contributed by atoms with E-state index in [0.29, 0.717) is 24.0 Å². The fourth-order valence-electron chi connectivity index (χ4n) is 3.86. The quantitative estimate of drug-likeness (QED) is 0.786. The predicted octanol–water partition coefficient (Wildman–Crippen LogP) is 4.18. The van der Waals surface area contributed by atoms with Crippen molar-refractivity contribution in [3.8, 4) is 0 Å². The first-order valence-corrected chi connectivity index (χ1v) is 10.3. The molecule has 1 heterocycles. The third kappa shape index (κ3) is 5.53.